The first kappa shape index (κ1) is 7.00. The van der Waals surface area contributed by atoms with Gasteiger partial charge in [0.1, 0.15) is 5.00 Å². The van der Waals surface area contributed by atoms with Crippen LogP contribution in [0, 0.1) is 0 Å². The number of rotatable bonds is 1. The fourth-order valence-corrected chi connectivity index (χ4v) is 1.93. The summed E-state index contributed by atoms with van der Waals surface area (Å²) in [5, 5.41) is 5.08. The Hall–Kier alpha value is -0.680. The minimum atomic E-state index is 0.878. The zero-order valence-electron chi connectivity index (χ0n) is 5.44. The molecule has 0 radical (unpaired) electrons. The molecule has 2 aromatic heterocycles. The van der Waals surface area contributed by atoms with Crippen LogP contribution in [-0.2, 0) is 0 Å². The van der Waals surface area contributed by atoms with Crippen LogP contribution in [0.15, 0.2) is 28.6 Å². The molecular formula is C6H4BrN3S. The highest BCUT2D eigenvalue weighted by molar-refractivity contribution is 9.11. The molecular weight excluding hydrogens is 226 g/mol. The maximum atomic E-state index is 4.07. The average molecular weight is 230 g/mol. The monoisotopic (exact) mass is 229 g/mol. The Labute approximate surface area is 75.8 Å². The summed E-state index contributed by atoms with van der Waals surface area (Å²) < 4.78 is 2.66. The number of aromatic nitrogens is 3. The minimum absolute atomic E-state index is 0.878. The van der Waals surface area contributed by atoms with E-state index in [0.29, 0.717) is 0 Å². The number of hydrogen-bond donors (Lipinski definition) is 0. The molecule has 0 aliphatic rings. The van der Waals surface area contributed by atoms with Gasteiger partial charge >= 0.3 is 0 Å². The van der Waals surface area contributed by atoms with Crippen molar-refractivity contribution >= 4 is 27.3 Å². The lowest BCUT2D eigenvalue weighted by Crippen LogP contribution is -1.88. The van der Waals surface area contributed by atoms with Crippen LogP contribution in [0.1, 0.15) is 0 Å². The summed E-state index contributed by atoms with van der Waals surface area (Å²) in [5.74, 6) is 0. The largest absolute Gasteiger partial charge is 0.235 e. The molecule has 56 valence electrons. The van der Waals surface area contributed by atoms with Crippen LogP contribution < -0.4 is 0 Å². The van der Waals surface area contributed by atoms with Crippen LogP contribution in [-0.4, -0.2) is 14.8 Å². The summed E-state index contributed by atoms with van der Waals surface area (Å²) in [5.41, 5.74) is 0. The molecule has 0 saturated heterocycles. The second kappa shape index (κ2) is 2.75. The third kappa shape index (κ3) is 1.34. The quantitative estimate of drug-likeness (QED) is 0.750. The van der Waals surface area contributed by atoms with Crippen molar-refractivity contribution in [1.82, 2.24) is 14.8 Å². The fraction of sp³-hybridized carbons (Fsp3) is 0. The first-order chi connectivity index (χ1) is 5.36. The maximum absolute atomic E-state index is 4.07. The van der Waals surface area contributed by atoms with Gasteiger partial charge in [0.2, 0.25) is 0 Å². The van der Waals surface area contributed by atoms with E-state index in [9.17, 15) is 0 Å². The lowest BCUT2D eigenvalue weighted by atomic mass is 10.7. The van der Waals surface area contributed by atoms with E-state index in [4.69, 9.17) is 0 Å². The van der Waals surface area contributed by atoms with Gasteiger partial charge in [-0.3, -0.25) is 0 Å². The molecule has 3 nitrogen and oxygen atoms in total. The smallest absolute Gasteiger partial charge is 0.161 e. The summed E-state index contributed by atoms with van der Waals surface area (Å²) in [6.07, 6.45) is 5.41. The van der Waals surface area contributed by atoms with E-state index in [-0.39, 0.29) is 0 Å². The summed E-state index contributed by atoms with van der Waals surface area (Å²) >= 11 is 4.84. The van der Waals surface area contributed by atoms with Gasteiger partial charge in [-0.2, -0.15) is 5.10 Å². The van der Waals surface area contributed by atoms with Crippen molar-refractivity contribution in [2.45, 2.75) is 0 Å². The van der Waals surface area contributed by atoms with Crippen LogP contribution in [0.5, 0.6) is 0 Å². The lowest BCUT2D eigenvalue weighted by molar-refractivity contribution is 0.894. The van der Waals surface area contributed by atoms with E-state index in [0.717, 1.165) is 8.92 Å². The first-order valence-corrected chi connectivity index (χ1v) is 4.58. The van der Waals surface area contributed by atoms with Crippen molar-refractivity contribution in [3.8, 4) is 5.00 Å². The fourth-order valence-electron chi connectivity index (χ4n) is 0.750. The molecule has 0 atom stereocenters. The van der Waals surface area contributed by atoms with E-state index in [1.807, 2.05) is 12.3 Å². The SMILES string of the molecule is Brc1ncc(-n2cccn2)s1. The van der Waals surface area contributed by atoms with Gasteiger partial charge in [0.15, 0.2) is 3.92 Å². The highest BCUT2D eigenvalue weighted by Crippen LogP contribution is 2.20. The maximum Gasteiger partial charge on any atom is 0.161 e. The van der Waals surface area contributed by atoms with E-state index in [2.05, 4.69) is 26.0 Å². The summed E-state index contributed by atoms with van der Waals surface area (Å²) in [6, 6.07) is 1.88. The Kier molecular flexibility index (Phi) is 1.75. The predicted molar refractivity (Wildman–Crippen MR) is 46.9 cm³/mol. The second-order valence-electron chi connectivity index (χ2n) is 1.90. The summed E-state index contributed by atoms with van der Waals surface area (Å²) in [6.45, 7) is 0. The molecule has 2 aromatic rings. The average Bonchev–Trinajstić information content (AvgIpc) is 2.55. The van der Waals surface area contributed by atoms with Crippen LogP contribution >= 0.6 is 27.3 Å². The molecule has 0 N–H and O–H groups in total. The van der Waals surface area contributed by atoms with Crippen LogP contribution in [0.25, 0.3) is 5.00 Å². The Morgan fingerprint density at radius 1 is 1.55 bits per heavy atom. The zero-order chi connectivity index (χ0) is 7.68. The molecule has 0 fully saturated rings. The van der Waals surface area contributed by atoms with E-state index in [1.54, 1.807) is 28.4 Å². The van der Waals surface area contributed by atoms with Gasteiger partial charge in [-0.1, -0.05) is 11.3 Å². The Morgan fingerprint density at radius 2 is 2.45 bits per heavy atom. The molecule has 0 aromatic carbocycles. The van der Waals surface area contributed by atoms with Crippen molar-refractivity contribution in [1.29, 1.82) is 0 Å². The molecule has 0 bridgehead atoms. The Morgan fingerprint density at radius 3 is 3.00 bits per heavy atom. The van der Waals surface area contributed by atoms with Gasteiger partial charge in [-0.15, -0.1) is 0 Å². The van der Waals surface area contributed by atoms with Crippen molar-refractivity contribution in [3.63, 3.8) is 0 Å². The van der Waals surface area contributed by atoms with Crippen LogP contribution in [0.4, 0.5) is 0 Å². The molecule has 5 heteroatoms. The number of hydrogen-bond acceptors (Lipinski definition) is 3. The molecule has 2 rings (SSSR count). The molecule has 0 spiro atoms. The van der Waals surface area contributed by atoms with Crippen molar-refractivity contribution in [2.75, 3.05) is 0 Å². The topological polar surface area (TPSA) is 30.7 Å². The molecule has 2 heterocycles. The molecule has 0 amide bonds. The normalized spacial score (nSPS) is 10.3. The Bertz CT molecular complexity index is 340. The Balaban J connectivity index is 2.45. The van der Waals surface area contributed by atoms with Gasteiger partial charge in [0.05, 0.1) is 6.20 Å². The van der Waals surface area contributed by atoms with E-state index >= 15 is 0 Å². The summed E-state index contributed by atoms with van der Waals surface area (Å²) in [7, 11) is 0. The minimum Gasteiger partial charge on any atom is -0.235 e. The second-order valence-corrected chi connectivity index (χ2v) is 4.19. The molecule has 0 aliphatic carbocycles. The molecule has 0 unspecified atom stereocenters. The lowest BCUT2D eigenvalue weighted by Gasteiger charge is -1.90. The first-order valence-electron chi connectivity index (χ1n) is 2.97. The number of halogens is 1. The van der Waals surface area contributed by atoms with Crippen LogP contribution in [0.3, 0.4) is 0 Å². The number of thiazole rings is 1. The molecule has 0 aliphatic heterocycles. The number of nitrogens with zero attached hydrogens (tertiary/aromatic N) is 3. The standard InChI is InChI=1S/C6H4BrN3S/c7-6-8-4-5(11-6)10-3-1-2-9-10/h1-4H. The third-order valence-corrected chi connectivity index (χ3v) is 2.66. The summed E-state index contributed by atoms with van der Waals surface area (Å²) in [4.78, 5) is 4.05. The van der Waals surface area contributed by atoms with Gasteiger partial charge in [0.25, 0.3) is 0 Å². The van der Waals surface area contributed by atoms with Gasteiger partial charge in [-0.05, 0) is 22.0 Å². The van der Waals surface area contributed by atoms with E-state index < -0.39 is 0 Å². The van der Waals surface area contributed by atoms with Gasteiger partial charge in [0, 0.05) is 12.4 Å². The van der Waals surface area contributed by atoms with Gasteiger partial charge < -0.3 is 0 Å². The zero-order valence-corrected chi connectivity index (χ0v) is 7.84. The van der Waals surface area contributed by atoms with Gasteiger partial charge in [-0.25, -0.2) is 9.67 Å². The van der Waals surface area contributed by atoms with Crippen molar-refractivity contribution < 1.29 is 0 Å². The highest BCUT2D eigenvalue weighted by atomic mass is 79.9. The van der Waals surface area contributed by atoms with Crippen molar-refractivity contribution in [2.24, 2.45) is 0 Å². The highest BCUT2D eigenvalue weighted by Gasteiger charge is 1.99. The van der Waals surface area contributed by atoms with Crippen molar-refractivity contribution in [3.05, 3.63) is 28.6 Å². The molecule has 11 heavy (non-hydrogen) atoms. The predicted octanol–water partition coefficient (Wildman–Crippen LogP) is 2.09. The molecule has 0 saturated carbocycles. The third-order valence-electron chi connectivity index (χ3n) is 1.20. The van der Waals surface area contributed by atoms with E-state index in [1.165, 1.54) is 0 Å². The van der Waals surface area contributed by atoms with Crippen LogP contribution in [0.2, 0.25) is 0 Å².